The van der Waals surface area contributed by atoms with Gasteiger partial charge in [-0.3, -0.25) is 4.79 Å². The molecule has 1 unspecified atom stereocenters. The van der Waals surface area contributed by atoms with Crippen molar-refractivity contribution in [2.45, 2.75) is 37.9 Å². The van der Waals surface area contributed by atoms with E-state index < -0.39 is 12.0 Å². The van der Waals surface area contributed by atoms with E-state index in [0.29, 0.717) is 0 Å². The van der Waals surface area contributed by atoms with E-state index in [1.54, 1.807) is 0 Å². The standard InChI is InChI=1S/C11H14BrF3N4O/c1-6(2)8(12)9(20)18-3-4-19-7(5-18)16-17-10(19)11(13,14)15/h6,8H,3-5H2,1-2H3. The van der Waals surface area contributed by atoms with Crippen LogP contribution in [0.25, 0.3) is 0 Å². The molecule has 1 atom stereocenters. The largest absolute Gasteiger partial charge is 0.451 e. The van der Waals surface area contributed by atoms with Crippen molar-refractivity contribution >= 4 is 21.8 Å². The summed E-state index contributed by atoms with van der Waals surface area (Å²) in [5, 5.41) is 6.72. The number of rotatable bonds is 2. The van der Waals surface area contributed by atoms with Gasteiger partial charge in [0.25, 0.3) is 0 Å². The van der Waals surface area contributed by atoms with Gasteiger partial charge in [-0.25, -0.2) is 0 Å². The second-order valence-corrected chi connectivity index (χ2v) is 5.98. The van der Waals surface area contributed by atoms with Crippen LogP contribution in [0.3, 0.4) is 0 Å². The normalized spacial score (nSPS) is 17.2. The van der Waals surface area contributed by atoms with Gasteiger partial charge in [0.05, 0.1) is 11.4 Å². The number of aromatic nitrogens is 3. The number of amides is 1. The van der Waals surface area contributed by atoms with Crippen LogP contribution in [0.5, 0.6) is 0 Å². The van der Waals surface area contributed by atoms with Gasteiger partial charge >= 0.3 is 6.18 Å². The fourth-order valence-electron chi connectivity index (χ4n) is 2.02. The first-order valence-electron chi connectivity index (χ1n) is 6.14. The van der Waals surface area contributed by atoms with Crippen molar-refractivity contribution in [2.75, 3.05) is 6.54 Å². The number of alkyl halides is 4. The molecular weight excluding hydrogens is 341 g/mol. The number of nitrogens with zero attached hydrogens (tertiary/aromatic N) is 4. The number of carbonyl (C=O) groups is 1. The third kappa shape index (κ3) is 2.82. The highest BCUT2D eigenvalue weighted by atomic mass is 79.9. The van der Waals surface area contributed by atoms with E-state index in [2.05, 4.69) is 26.1 Å². The zero-order valence-electron chi connectivity index (χ0n) is 11.0. The van der Waals surface area contributed by atoms with Crippen molar-refractivity contribution in [3.63, 3.8) is 0 Å². The smallest absolute Gasteiger partial charge is 0.332 e. The molecule has 0 fully saturated rings. The topological polar surface area (TPSA) is 51.0 Å². The Labute approximate surface area is 122 Å². The third-order valence-corrected chi connectivity index (χ3v) is 4.59. The van der Waals surface area contributed by atoms with Crippen LogP contribution in [0.2, 0.25) is 0 Å². The van der Waals surface area contributed by atoms with E-state index in [1.165, 1.54) is 4.90 Å². The lowest BCUT2D eigenvalue weighted by atomic mass is 10.1. The van der Waals surface area contributed by atoms with Crippen molar-refractivity contribution in [2.24, 2.45) is 5.92 Å². The van der Waals surface area contributed by atoms with Crippen LogP contribution in [0.4, 0.5) is 13.2 Å². The minimum absolute atomic E-state index is 0.0523. The van der Waals surface area contributed by atoms with E-state index in [0.717, 1.165) is 4.57 Å². The van der Waals surface area contributed by atoms with E-state index in [4.69, 9.17) is 0 Å². The van der Waals surface area contributed by atoms with Crippen molar-refractivity contribution in [3.05, 3.63) is 11.6 Å². The summed E-state index contributed by atoms with van der Waals surface area (Å²) in [6.07, 6.45) is -4.52. The lowest BCUT2D eigenvalue weighted by molar-refractivity contribution is -0.148. The van der Waals surface area contributed by atoms with Gasteiger partial charge in [-0.05, 0) is 5.92 Å². The lowest BCUT2D eigenvalue weighted by Gasteiger charge is -2.30. The summed E-state index contributed by atoms with van der Waals surface area (Å²) >= 11 is 3.31. The molecule has 0 aliphatic carbocycles. The summed E-state index contributed by atoms with van der Waals surface area (Å²) in [5.41, 5.74) is 0. The molecule has 0 radical (unpaired) electrons. The minimum Gasteiger partial charge on any atom is -0.332 e. The number of hydrogen-bond donors (Lipinski definition) is 0. The molecule has 1 aliphatic heterocycles. The zero-order valence-corrected chi connectivity index (χ0v) is 12.6. The molecule has 0 saturated heterocycles. The number of carbonyl (C=O) groups excluding carboxylic acids is 1. The maximum atomic E-state index is 12.7. The van der Waals surface area contributed by atoms with Crippen LogP contribution in [0.15, 0.2) is 0 Å². The first-order valence-corrected chi connectivity index (χ1v) is 7.05. The molecule has 1 aromatic heterocycles. The summed E-state index contributed by atoms with van der Waals surface area (Å²) in [6.45, 7) is 4.12. The second kappa shape index (κ2) is 5.34. The third-order valence-electron chi connectivity index (χ3n) is 3.14. The van der Waals surface area contributed by atoms with Crippen LogP contribution in [0.1, 0.15) is 25.5 Å². The fourth-order valence-corrected chi connectivity index (χ4v) is 2.30. The van der Waals surface area contributed by atoms with Crippen LogP contribution in [0, 0.1) is 5.92 Å². The Balaban J connectivity index is 2.17. The molecular formula is C11H14BrF3N4O. The average Bonchev–Trinajstić information content (AvgIpc) is 2.79. The fraction of sp³-hybridized carbons (Fsp3) is 0.727. The highest BCUT2D eigenvalue weighted by Crippen LogP contribution is 2.29. The van der Waals surface area contributed by atoms with Crippen molar-refractivity contribution in [1.82, 2.24) is 19.7 Å². The Kier molecular flexibility index (Phi) is 4.08. The zero-order chi connectivity index (χ0) is 15.1. The molecule has 9 heteroatoms. The summed E-state index contributed by atoms with van der Waals surface area (Å²) in [7, 11) is 0. The molecule has 0 aromatic carbocycles. The summed E-state index contributed by atoms with van der Waals surface area (Å²) in [6, 6.07) is 0. The number of halogens is 4. The van der Waals surface area contributed by atoms with Crippen LogP contribution >= 0.6 is 15.9 Å². The minimum atomic E-state index is -4.52. The molecule has 1 aromatic rings. The summed E-state index contributed by atoms with van der Waals surface area (Å²) in [5.74, 6) is -0.866. The van der Waals surface area contributed by atoms with E-state index in [1.807, 2.05) is 13.8 Å². The van der Waals surface area contributed by atoms with Crippen LogP contribution < -0.4 is 0 Å². The SMILES string of the molecule is CC(C)C(Br)C(=O)N1CCn2c(nnc2C(F)(F)F)C1. The molecule has 1 amide bonds. The van der Waals surface area contributed by atoms with E-state index in [9.17, 15) is 18.0 Å². The predicted octanol–water partition coefficient (Wildman–Crippen LogP) is 2.06. The lowest BCUT2D eigenvalue weighted by Crippen LogP contribution is -2.43. The van der Waals surface area contributed by atoms with Gasteiger partial charge < -0.3 is 9.47 Å². The Bertz CT molecular complexity index is 514. The van der Waals surface area contributed by atoms with Crippen molar-refractivity contribution < 1.29 is 18.0 Å². The van der Waals surface area contributed by atoms with Gasteiger partial charge in [-0.15, -0.1) is 10.2 Å². The Morgan fingerprint density at radius 1 is 1.30 bits per heavy atom. The van der Waals surface area contributed by atoms with Crippen molar-refractivity contribution in [1.29, 1.82) is 0 Å². The molecule has 5 nitrogen and oxygen atoms in total. The molecule has 1 aliphatic rings. The Morgan fingerprint density at radius 2 is 1.95 bits per heavy atom. The molecule has 2 heterocycles. The first kappa shape index (κ1) is 15.3. The maximum Gasteiger partial charge on any atom is 0.451 e. The van der Waals surface area contributed by atoms with Gasteiger partial charge in [0, 0.05) is 13.1 Å². The summed E-state index contributed by atoms with van der Waals surface area (Å²) in [4.78, 5) is 13.3. The van der Waals surface area contributed by atoms with Crippen LogP contribution in [-0.4, -0.2) is 36.9 Å². The molecule has 2 rings (SSSR count). The predicted molar refractivity (Wildman–Crippen MR) is 68.0 cm³/mol. The number of hydrogen-bond acceptors (Lipinski definition) is 3. The highest BCUT2D eigenvalue weighted by molar-refractivity contribution is 9.10. The quantitative estimate of drug-likeness (QED) is 0.764. The monoisotopic (exact) mass is 354 g/mol. The highest BCUT2D eigenvalue weighted by Gasteiger charge is 2.40. The van der Waals surface area contributed by atoms with Gasteiger partial charge in [-0.2, -0.15) is 13.2 Å². The molecule has 112 valence electrons. The summed E-state index contributed by atoms with van der Waals surface area (Å²) < 4.78 is 39.1. The Morgan fingerprint density at radius 3 is 2.50 bits per heavy atom. The van der Waals surface area contributed by atoms with Crippen molar-refractivity contribution in [3.8, 4) is 0 Å². The molecule has 20 heavy (non-hydrogen) atoms. The van der Waals surface area contributed by atoms with Gasteiger partial charge in [0.15, 0.2) is 5.82 Å². The van der Waals surface area contributed by atoms with E-state index in [-0.39, 0.29) is 42.1 Å². The molecule has 0 N–H and O–H groups in total. The molecule has 0 spiro atoms. The van der Waals surface area contributed by atoms with Gasteiger partial charge in [0.1, 0.15) is 0 Å². The first-order chi connectivity index (χ1) is 9.21. The van der Waals surface area contributed by atoms with E-state index >= 15 is 0 Å². The van der Waals surface area contributed by atoms with Gasteiger partial charge in [0.2, 0.25) is 11.7 Å². The molecule has 0 bridgehead atoms. The molecule has 0 saturated carbocycles. The maximum absolute atomic E-state index is 12.7. The van der Waals surface area contributed by atoms with Gasteiger partial charge in [-0.1, -0.05) is 29.8 Å². The second-order valence-electron chi connectivity index (χ2n) is 4.99. The average molecular weight is 355 g/mol. The Hall–Kier alpha value is -1.12. The number of fused-ring (bicyclic) bond motifs is 1. The van der Waals surface area contributed by atoms with Crippen LogP contribution in [-0.2, 0) is 24.1 Å².